The molecule has 0 radical (unpaired) electrons. The van der Waals surface area contributed by atoms with E-state index in [1.807, 2.05) is 6.92 Å². The summed E-state index contributed by atoms with van der Waals surface area (Å²) in [4.78, 5) is 8.84. The van der Waals surface area contributed by atoms with E-state index < -0.39 is 0 Å². The minimum atomic E-state index is 0.267. The number of aromatic nitrogens is 3. The van der Waals surface area contributed by atoms with E-state index in [2.05, 4.69) is 51.2 Å². The first-order chi connectivity index (χ1) is 13.2. The third kappa shape index (κ3) is 3.00. The average Bonchev–Trinajstić information content (AvgIpc) is 3.29. The molecule has 1 N–H and O–H groups in total. The van der Waals surface area contributed by atoms with Crippen LogP contribution in [-0.4, -0.2) is 27.2 Å². The average molecular weight is 362 g/mol. The van der Waals surface area contributed by atoms with Crippen LogP contribution in [0.3, 0.4) is 0 Å². The standard InChI is InChI=1S/C22H26N4O/c1-14-9-16-5-7-23-12-20(16)21(10-14)27-18-4-3-17(11-18)26-8-6-19-15(2)24-13-25-22(19)26/h6,8-10,13,17-18,23H,3-5,7,11-12H2,1-2H3. The summed E-state index contributed by atoms with van der Waals surface area (Å²) in [5, 5.41) is 4.64. The quantitative estimate of drug-likeness (QED) is 0.768. The molecular formula is C22H26N4O. The van der Waals surface area contributed by atoms with Crippen LogP contribution >= 0.6 is 0 Å². The first-order valence-electron chi connectivity index (χ1n) is 9.97. The summed E-state index contributed by atoms with van der Waals surface area (Å²) in [7, 11) is 0. The highest BCUT2D eigenvalue weighted by atomic mass is 16.5. The minimum Gasteiger partial charge on any atom is -0.490 e. The van der Waals surface area contributed by atoms with Gasteiger partial charge in [-0.15, -0.1) is 0 Å². The molecule has 140 valence electrons. The second-order valence-corrected chi connectivity index (χ2v) is 7.95. The third-order valence-electron chi connectivity index (χ3n) is 6.07. The molecule has 2 unspecified atom stereocenters. The van der Waals surface area contributed by atoms with Crippen LogP contribution < -0.4 is 10.1 Å². The van der Waals surface area contributed by atoms with E-state index in [0.29, 0.717) is 6.04 Å². The lowest BCUT2D eigenvalue weighted by Gasteiger charge is -2.24. The van der Waals surface area contributed by atoms with Crippen molar-refractivity contribution in [3.63, 3.8) is 0 Å². The number of benzene rings is 1. The molecule has 0 bridgehead atoms. The number of fused-ring (bicyclic) bond motifs is 2. The molecule has 27 heavy (non-hydrogen) atoms. The van der Waals surface area contributed by atoms with Crippen molar-refractivity contribution in [3.8, 4) is 5.75 Å². The summed E-state index contributed by atoms with van der Waals surface area (Å²) >= 11 is 0. The smallest absolute Gasteiger partial charge is 0.143 e. The Kier molecular flexibility index (Phi) is 4.12. The molecule has 1 aliphatic carbocycles. The van der Waals surface area contributed by atoms with Crippen LogP contribution in [0.2, 0.25) is 0 Å². The highest BCUT2D eigenvalue weighted by molar-refractivity contribution is 5.78. The van der Waals surface area contributed by atoms with Gasteiger partial charge in [0.05, 0.1) is 5.69 Å². The van der Waals surface area contributed by atoms with Gasteiger partial charge in [-0.05, 0) is 62.9 Å². The van der Waals surface area contributed by atoms with E-state index in [9.17, 15) is 0 Å². The van der Waals surface area contributed by atoms with Crippen molar-refractivity contribution in [3.05, 3.63) is 53.1 Å². The monoisotopic (exact) mass is 362 g/mol. The fourth-order valence-corrected chi connectivity index (χ4v) is 4.67. The molecule has 1 aliphatic heterocycles. The van der Waals surface area contributed by atoms with Gasteiger partial charge >= 0.3 is 0 Å². The maximum Gasteiger partial charge on any atom is 0.143 e. The number of aryl methyl sites for hydroxylation is 2. The van der Waals surface area contributed by atoms with Crippen molar-refractivity contribution >= 4 is 11.0 Å². The third-order valence-corrected chi connectivity index (χ3v) is 6.07. The Hall–Kier alpha value is -2.40. The molecule has 5 nitrogen and oxygen atoms in total. The summed E-state index contributed by atoms with van der Waals surface area (Å²) in [6, 6.07) is 7.11. The topological polar surface area (TPSA) is 52.0 Å². The number of nitrogens with zero attached hydrogens (tertiary/aromatic N) is 3. The molecule has 1 fully saturated rings. The highest BCUT2D eigenvalue weighted by Gasteiger charge is 2.29. The van der Waals surface area contributed by atoms with E-state index in [1.54, 1.807) is 6.33 Å². The van der Waals surface area contributed by atoms with Crippen molar-refractivity contribution < 1.29 is 4.74 Å². The number of nitrogens with one attached hydrogen (secondary N) is 1. The number of rotatable bonds is 3. The summed E-state index contributed by atoms with van der Waals surface area (Å²) < 4.78 is 8.85. The zero-order valence-electron chi connectivity index (χ0n) is 16.0. The fraction of sp³-hybridized carbons (Fsp3) is 0.455. The largest absolute Gasteiger partial charge is 0.490 e. The summed E-state index contributed by atoms with van der Waals surface area (Å²) in [6.45, 7) is 6.19. The van der Waals surface area contributed by atoms with Crippen molar-refractivity contribution in [2.24, 2.45) is 0 Å². The Balaban J connectivity index is 1.37. The SMILES string of the molecule is Cc1cc2c(c(OC3CCC(n4ccc5c(C)ncnc54)C3)c1)CNCC2. The first kappa shape index (κ1) is 16.8. The summed E-state index contributed by atoms with van der Waals surface area (Å²) in [5.41, 5.74) is 6.18. The maximum absolute atomic E-state index is 6.53. The van der Waals surface area contributed by atoms with Crippen LogP contribution in [-0.2, 0) is 13.0 Å². The van der Waals surface area contributed by atoms with E-state index in [-0.39, 0.29) is 6.10 Å². The fourth-order valence-electron chi connectivity index (χ4n) is 4.67. The highest BCUT2D eigenvalue weighted by Crippen LogP contribution is 2.37. The number of ether oxygens (including phenoxy) is 1. The Morgan fingerprint density at radius 1 is 1.19 bits per heavy atom. The van der Waals surface area contributed by atoms with Gasteiger partial charge in [0.25, 0.3) is 0 Å². The zero-order valence-corrected chi connectivity index (χ0v) is 16.0. The van der Waals surface area contributed by atoms with Gasteiger partial charge in [0.2, 0.25) is 0 Å². The van der Waals surface area contributed by atoms with Gasteiger partial charge in [-0.25, -0.2) is 9.97 Å². The van der Waals surface area contributed by atoms with Crippen molar-refractivity contribution in [1.82, 2.24) is 19.9 Å². The predicted molar refractivity (Wildman–Crippen MR) is 106 cm³/mol. The van der Waals surface area contributed by atoms with Crippen molar-refractivity contribution in [2.45, 2.75) is 58.2 Å². The molecule has 3 aromatic rings. The predicted octanol–water partition coefficient (Wildman–Crippen LogP) is 3.87. The van der Waals surface area contributed by atoms with Crippen LogP contribution in [0.5, 0.6) is 5.75 Å². The molecule has 2 aromatic heterocycles. The maximum atomic E-state index is 6.53. The van der Waals surface area contributed by atoms with Crippen LogP contribution in [0.15, 0.2) is 30.7 Å². The molecule has 1 saturated carbocycles. The minimum absolute atomic E-state index is 0.267. The van der Waals surface area contributed by atoms with Gasteiger partial charge in [-0.3, -0.25) is 0 Å². The van der Waals surface area contributed by atoms with Gasteiger partial charge in [0.15, 0.2) is 0 Å². The van der Waals surface area contributed by atoms with E-state index in [4.69, 9.17) is 4.74 Å². The molecule has 0 saturated heterocycles. The molecular weight excluding hydrogens is 336 g/mol. The van der Waals surface area contributed by atoms with Crippen LogP contribution in [0.4, 0.5) is 0 Å². The van der Waals surface area contributed by atoms with Crippen LogP contribution in [0.1, 0.15) is 47.7 Å². The molecule has 1 aromatic carbocycles. The molecule has 0 amide bonds. The summed E-state index contributed by atoms with van der Waals surface area (Å²) in [6.07, 6.45) is 8.44. The van der Waals surface area contributed by atoms with E-state index in [1.165, 1.54) is 16.7 Å². The number of hydrogen-bond donors (Lipinski definition) is 1. The van der Waals surface area contributed by atoms with Crippen molar-refractivity contribution in [1.29, 1.82) is 0 Å². The van der Waals surface area contributed by atoms with Gasteiger partial charge in [-0.1, -0.05) is 6.07 Å². The van der Waals surface area contributed by atoms with Gasteiger partial charge in [0.1, 0.15) is 23.8 Å². The molecule has 5 rings (SSSR count). The van der Waals surface area contributed by atoms with Crippen LogP contribution in [0.25, 0.3) is 11.0 Å². The Labute approximate surface area is 159 Å². The van der Waals surface area contributed by atoms with E-state index in [0.717, 1.165) is 61.2 Å². The van der Waals surface area contributed by atoms with E-state index >= 15 is 0 Å². The Bertz CT molecular complexity index is 993. The first-order valence-corrected chi connectivity index (χ1v) is 9.97. The Morgan fingerprint density at radius 2 is 2.11 bits per heavy atom. The molecule has 3 heterocycles. The second kappa shape index (κ2) is 6.64. The zero-order chi connectivity index (χ0) is 18.4. The second-order valence-electron chi connectivity index (χ2n) is 7.95. The van der Waals surface area contributed by atoms with Crippen LogP contribution in [0, 0.1) is 13.8 Å². The number of hydrogen-bond acceptors (Lipinski definition) is 4. The lowest BCUT2D eigenvalue weighted by molar-refractivity contribution is 0.201. The lowest BCUT2D eigenvalue weighted by atomic mass is 9.97. The molecule has 5 heteroatoms. The molecule has 0 spiro atoms. The van der Waals surface area contributed by atoms with Crippen molar-refractivity contribution in [2.75, 3.05) is 6.54 Å². The van der Waals surface area contributed by atoms with Gasteiger partial charge in [0, 0.05) is 36.2 Å². The Morgan fingerprint density at radius 3 is 3.04 bits per heavy atom. The lowest BCUT2D eigenvalue weighted by Crippen LogP contribution is -2.25. The molecule has 2 atom stereocenters. The molecule has 2 aliphatic rings. The normalized spacial score (nSPS) is 22.1. The van der Waals surface area contributed by atoms with Gasteiger partial charge in [-0.2, -0.15) is 0 Å². The van der Waals surface area contributed by atoms with Gasteiger partial charge < -0.3 is 14.6 Å². The summed E-state index contributed by atoms with van der Waals surface area (Å²) in [5.74, 6) is 1.08.